The predicted octanol–water partition coefficient (Wildman–Crippen LogP) is 3.04. The molecule has 0 fully saturated rings. The molecule has 0 aliphatic carbocycles. The van der Waals surface area contributed by atoms with Crippen LogP contribution in [0.4, 0.5) is 0 Å². The van der Waals surface area contributed by atoms with Crippen LogP contribution in [0.1, 0.15) is 54.9 Å². The highest BCUT2D eigenvalue weighted by atomic mass is 16.2. The van der Waals surface area contributed by atoms with Gasteiger partial charge in [-0.25, -0.2) is 0 Å². The van der Waals surface area contributed by atoms with E-state index in [1.54, 1.807) is 4.90 Å². The summed E-state index contributed by atoms with van der Waals surface area (Å²) < 4.78 is 0. The Hall–Kier alpha value is -1.35. The molecule has 1 N–H and O–H groups in total. The molecule has 106 valence electrons. The van der Waals surface area contributed by atoms with Crippen molar-refractivity contribution in [1.82, 2.24) is 4.90 Å². The van der Waals surface area contributed by atoms with Gasteiger partial charge < -0.3 is 10.0 Å². The number of aliphatic hydroxyl groups excluding tert-OH is 1. The standard InChI is InChI=1S/C16H25NO2/c1-4-13(2)14-7-9-15(10-8-14)16(19)17(3)11-5-6-12-18/h7-10,13,18H,4-6,11-12H2,1-3H3. The van der Waals surface area contributed by atoms with Gasteiger partial charge in [-0.15, -0.1) is 0 Å². The van der Waals surface area contributed by atoms with Gasteiger partial charge in [0.25, 0.3) is 5.91 Å². The maximum absolute atomic E-state index is 12.2. The highest BCUT2D eigenvalue weighted by Crippen LogP contribution is 2.19. The van der Waals surface area contributed by atoms with Crippen LogP contribution in [-0.2, 0) is 0 Å². The van der Waals surface area contributed by atoms with E-state index in [2.05, 4.69) is 13.8 Å². The summed E-state index contributed by atoms with van der Waals surface area (Å²) in [6, 6.07) is 7.91. The summed E-state index contributed by atoms with van der Waals surface area (Å²) in [5.41, 5.74) is 2.01. The Bertz CT molecular complexity index is 386. The quantitative estimate of drug-likeness (QED) is 0.768. The Morgan fingerprint density at radius 1 is 1.26 bits per heavy atom. The molecule has 0 spiro atoms. The zero-order valence-corrected chi connectivity index (χ0v) is 12.2. The summed E-state index contributed by atoms with van der Waals surface area (Å²) >= 11 is 0. The zero-order valence-electron chi connectivity index (χ0n) is 12.2. The van der Waals surface area contributed by atoms with E-state index in [1.807, 2.05) is 31.3 Å². The maximum atomic E-state index is 12.2. The number of aliphatic hydroxyl groups is 1. The number of carbonyl (C=O) groups is 1. The second-order valence-electron chi connectivity index (χ2n) is 5.09. The van der Waals surface area contributed by atoms with Crippen molar-refractivity contribution in [2.75, 3.05) is 20.2 Å². The van der Waals surface area contributed by atoms with Crippen LogP contribution in [0.2, 0.25) is 0 Å². The Labute approximate surface area is 116 Å². The maximum Gasteiger partial charge on any atom is 0.253 e. The minimum atomic E-state index is 0.0497. The largest absolute Gasteiger partial charge is 0.396 e. The van der Waals surface area contributed by atoms with Crippen molar-refractivity contribution in [2.24, 2.45) is 0 Å². The lowest BCUT2D eigenvalue weighted by Crippen LogP contribution is -2.27. The predicted molar refractivity (Wildman–Crippen MR) is 78.4 cm³/mol. The van der Waals surface area contributed by atoms with Crippen molar-refractivity contribution in [3.8, 4) is 0 Å². The van der Waals surface area contributed by atoms with E-state index in [0.717, 1.165) is 24.8 Å². The van der Waals surface area contributed by atoms with Crippen molar-refractivity contribution in [2.45, 2.75) is 39.0 Å². The van der Waals surface area contributed by atoms with E-state index in [1.165, 1.54) is 5.56 Å². The third-order valence-corrected chi connectivity index (χ3v) is 3.59. The van der Waals surface area contributed by atoms with E-state index in [9.17, 15) is 4.79 Å². The number of benzene rings is 1. The van der Waals surface area contributed by atoms with Gasteiger partial charge in [-0.05, 0) is 42.9 Å². The van der Waals surface area contributed by atoms with Gasteiger partial charge in [0, 0.05) is 25.8 Å². The summed E-state index contributed by atoms with van der Waals surface area (Å²) in [5.74, 6) is 0.583. The average Bonchev–Trinajstić information content (AvgIpc) is 2.46. The molecule has 19 heavy (non-hydrogen) atoms. The normalized spacial score (nSPS) is 12.2. The third kappa shape index (κ3) is 4.67. The molecule has 3 nitrogen and oxygen atoms in total. The van der Waals surface area contributed by atoms with Gasteiger partial charge in [0.15, 0.2) is 0 Å². The van der Waals surface area contributed by atoms with Gasteiger partial charge in [-0.1, -0.05) is 26.0 Å². The highest BCUT2D eigenvalue weighted by Gasteiger charge is 2.11. The molecule has 1 unspecified atom stereocenters. The molecule has 1 rings (SSSR count). The highest BCUT2D eigenvalue weighted by molar-refractivity contribution is 5.94. The Morgan fingerprint density at radius 3 is 2.42 bits per heavy atom. The Kier molecular flexibility index (Phi) is 6.57. The van der Waals surface area contributed by atoms with Crippen LogP contribution in [0, 0.1) is 0 Å². The van der Waals surface area contributed by atoms with Gasteiger partial charge in [0.1, 0.15) is 0 Å². The summed E-state index contributed by atoms with van der Waals surface area (Å²) in [7, 11) is 1.81. The molecule has 0 radical (unpaired) electrons. The average molecular weight is 263 g/mol. The van der Waals surface area contributed by atoms with Crippen molar-refractivity contribution in [3.05, 3.63) is 35.4 Å². The SMILES string of the molecule is CCC(C)c1ccc(C(=O)N(C)CCCCO)cc1. The first-order valence-corrected chi connectivity index (χ1v) is 7.06. The minimum absolute atomic E-state index is 0.0497. The monoisotopic (exact) mass is 263 g/mol. The first kappa shape index (κ1) is 15.7. The van der Waals surface area contributed by atoms with E-state index in [4.69, 9.17) is 5.11 Å². The molecule has 0 aliphatic rings. The van der Waals surface area contributed by atoms with Gasteiger partial charge in [0.2, 0.25) is 0 Å². The number of carbonyl (C=O) groups excluding carboxylic acids is 1. The molecule has 0 saturated carbocycles. The summed E-state index contributed by atoms with van der Waals surface area (Å²) in [6.07, 6.45) is 2.68. The van der Waals surface area contributed by atoms with E-state index in [0.29, 0.717) is 12.5 Å². The fourth-order valence-electron chi connectivity index (χ4n) is 1.97. The fourth-order valence-corrected chi connectivity index (χ4v) is 1.97. The van der Waals surface area contributed by atoms with E-state index in [-0.39, 0.29) is 12.5 Å². The molecule has 1 amide bonds. The zero-order chi connectivity index (χ0) is 14.3. The third-order valence-electron chi connectivity index (χ3n) is 3.59. The van der Waals surface area contributed by atoms with Crippen LogP contribution in [0.5, 0.6) is 0 Å². The van der Waals surface area contributed by atoms with Crippen LogP contribution in [0.15, 0.2) is 24.3 Å². The van der Waals surface area contributed by atoms with Crippen LogP contribution in [-0.4, -0.2) is 36.1 Å². The van der Waals surface area contributed by atoms with Crippen LogP contribution in [0.25, 0.3) is 0 Å². The van der Waals surface area contributed by atoms with Crippen molar-refractivity contribution in [1.29, 1.82) is 0 Å². The lowest BCUT2D eigenvalue weighted by atomic mass is 9.97. The van der Waals surface area contributed by atoms with Crippen LogP contribution < -0.4 is 0 Å². The second-order valence-corrected chi connectivity index (χ2v) is 5.09. The van der Waals surface area contributed by atoms with Crippen LogP contribution in [0.3, 0.4) is 0 Å². The lowest BCUT2D eigenvalue weighted by Gasteiger charge is -2.17. The number of hydrogen-bond donors (Lipinski definition) is 1. The van der Waals surface area contributed by atoms with Gasteiger partial charge >= 0.3 is 0 Å². The van der Waals surface area contributed by atoms with E-state index < -0.39 is 0 Å². The van der Waals surface area contributed by atoms with Crippen molar-refractivity contribution in [3.63, 3.8) is 0 Å². The summed E-state index contributed by atoms with van der Waals surface area (Å²) in [6.45, 7) is 5.23. The molecule has 0 aromatic heterocycles. The molecule has 0 aliphatic heterocycles. The first-order valence-electron chi connectivity index (χ1n) is 7.06. The molecule has 0 bridgehead atoms. The number of nitrogens with zero attached hydrogens (tertiary/aromatic N) is 1. The molecule has 0 heterocycles. The first-order chi connectivity index (χ1) is 9.10. The Balaban J connectivity index is 2.61. The molecule has 1 aromatic rings. The molecular formula is C16H25NO2. The van der Waals surface area contributed by atoms with Gasteiger partial charge in [-0.2, -0.15) is 0 Å². The van der Waals surface area contributed by atoms with Crippen LogP contribution >= 0.6 is 0 Å². The molecular weight excluding hydrogens is 238 g/mol. The topological polar surface area (TPSA) is 40.5 Å². The second kappa shape index (κ2) is 7.95. The molecule has 1 atom stereocenters. The van der Waals surface area contributed by atoms with Gasteiger partial charge in [0.05, 0.1) is 0 Å². The number of rotatable bonds is 7. The fraction of sp³-hybridized carbons (Fsp3) is 0.562. The van der Waals surface area contributed by atoms with Gasteiger partial charge in [-0.3, -0.25) is 4.79 Å². The smallest absolute Gasteiger partial charge is 0.253 e. The number of hydrogen-bond acceptors (Lipinski definition) is 2. The Morgan fingerprint density at radius 2 is 1.89 bits per heavy atom. The van der Waals surface area contributed by atoms with E-state index >= 15 is 0 Å². The summed E-state index contributed by atoms with van der Waals surface area (Å²) in [5, 5.41) is 8.74. The number of unbranched alkanes of at least 4 members (excludes halogenated alkanes) is 1. The van der Waals surface area contributed by atoms with Crippen molar-refractivity contribution < 1.29 is 9.90 Å². The molecule has 3 heteroatoms. The summed E-state index contributed by atoms with van der Waals surface area (Å²) in [4.78, 5) is 13.9. The minimum Gasteiger partial charge on any atom is -0.396 e. The molecule has 1 aromatic carbocycles. The molecule has 0 saturated heterocycles. The van der Waals surface area contributed by atoms with Crippen molar-refractivity contribution >= 4 is 5.91 Å². The number of amides is 1. The lowest BCUT2D eigenvalue weighted by molar-refractivity contribution is 0.0790.